The molecule has 0 aliphatic carbocycles. The van der Waals surface area contributed by atoms with Crippen LogP contribution in [0.3, 0.4) is 0 Å². The number of hydrogen-bond donors (Lipinski definition) is 1. The van der Waals surface area contributed by atoms with E-state index in [1.807, 2.05) is 93.6 Å². The Morgan fingerprint density at radius 2 is 1.15 bits per heavy atom. The molecule has 0 heterocycles. The zero-order chi connectivity index (χ0) is 24.7. The smallest absolute Gasteiger partial charge is 0.408 e. The van der Waals surface area contributed by atoms with Gasteiger partial charge >= 0.3 is 12.1 Å². The van der Waals surface area contributed by atoms with E-state index >= 15 is 0 Å². The van der Waals surface area contributed by atoms with Gasteiger partial charge in [0, 0.05) is 22.3 Å². The molecule has 0 atom stereocenters. The van der Waals surface area contributed by atoms with Gasteiger partial charge in [0.15, 0.2) is 5.60 Å². The molecule has 0 aromatic heterocycles. The molecule has 1 N–H and O–H groups in total. The highest BCUT2D eigenvalue weighted by Crippen LogP contribution is 2.41. The lowest BCUT2D eigenvalue weighted by atomic mass is 9.79. The number of esters is 1. The number of ether oxygens (including phenoxy) is 2. The van der Waals surface area contributed by atoms with E-state index in [4.69, 9.17) is 9.47 Å². The van der Waals surface area contributed by atoms with Gasteiger partial charge in [0.1, 0.15) is 6.61 Å². The monoisotopic (exact) mass is 457 g/mol. The summed E-state index contributed by atoms with van der Waals surface area (Å²) in [7, 11) is 0. The van der Waals surface area contributed by atoms with Crippen molar-refractivity contribution in [1.29, 1.82) is 0 Å². The molecule has 0 unspecified atom stereocenters. The Morgan fingerprint density at radius 1 is 0.765 bits per heavy atom. The number of rotatable bonds is 8. The van der Waals surface area contributed by atoms with E-state index in [9.17, 15) is 9.59 Å². The van der Waals surface area contributed by atoms with Gasteiger partial charge in [-0.1, -0.05) is 96.1 Å². The highest BCUT2D eigenvalue weighted by atomic mass is 16.6. The van der Waals surface area contributed by atoms with Gasteiger partial charge in [-0.25, -0.2) is 9.59 Å². The Labute approximate surface area is 201 Å². The average Bonchev–Trinajstić information content (AvgIpc) is 2.82. The van der Waals surface area contributed by atoms with Crippen molar-refractivity contribution in [3.63, 3.8) is 0 Å². The minimum absolute atomic E-state index is 0.0212. The number of carbonyl (C=O) groups is 2. The molecule has 1 amide bonds. The lowest BCUT2D eigenvalue weighted by molar-refractivity contribution is -0.138. The SMILES string of the molecule is C=C(C)C(=O)OCCNC(=O)OC(c1ccc(C)cc1)(c1ccc(C)cc1)c1ccc(C)cc1. The summed E-state index contributed by atoms with van der Waals surface area (Å²) >= 11 is 0. The maximum absolute atomic E-state index is 13.1. The number of amides is 1. The molecule has 0 aliphatic rings. The minimum atomic E-state index is -1.17. The molecule has 0 saturated heterocycles. The van der Waals surface area contributed by atoms with E-state index in [1.165, 1.54) is 0 Å². The van der Waals surface area contributed by atoms with Crippen molar-refractivity contribution in [2.45, 2.75) is 33.3 Å². The summed E-state index contributed by atoms with van der Waals surface area (Å²) in [5.74, 6) is -0.497. The Kier molecular flexibility index (Phi) is 7.90. The van der Waals surface area contributed by atoms with Crippen LogP contribution in [0.4, 0.5) is 4.79 Å². The molecule has 0 saturated carbocycles. The van der Waals surface area contributed by atoms with Gasteiger partial charge < -0.3 is 14.8 Å². The molecular formula is C29H31NO4. The average molecular weight is 458 g/mol. The van der Waals surface area contributed by atoms with Crippen molar-refractivity contribution in [2.75, 3.05) is 13.2 Å². The van der Waals surface area contributed by atoms with E-state index < -0.39 is 17.7 Å². The summed E-state index contributed by atoms with van der Waals surface area (Å²) in [6.45, 7) is 11.3. The summed E-state index contributed by atoms with van der Waals surface area (Å²) in [4.78, 5) is 24.7. The second kappa shape index (κ2) is 10.8. The highest BCUT2D eigenvalue weighted by molar-refractivity contribution is 5.86. The predicted molar refractivity (Wildman–Crippen MR) is 134 cm³/mol. The van der Waals surface area contributed by atoms with Gasteiger partial charge in [-0.3, -0.25) is 0 Å². The molecule has 0 spiro atoms. The number of benzene rings is 3. The lowest BCUT2D eigenvalue weighted by Gasteiger charge is -2.35. The second-order valence-electron chi connectivity index (χ2n) is 8.51. The van der Waals surface area contributed by atoms with Crippen LogP contribution in [0, 0.1) is 20.8 Å². The van der Waals surface area contributed by atoms with Crippen LogP contribution in [-0.2, 0) is 19.9 Å². The van der Waals surface area contributed by atoms with Gasteiger partial charge in [0.2, 0.25) is 0 Å². The number of alkyl carbamates (subject to hydrolysis) is 1. The molecule has 0 bridgehead atoms. The van der Waals surface area contributed by atoms with E-state index in [0.29, 0.717) is 5.57 Å². The van der Waals surface area contributed by atoms with Gasteiger partial charge in [-0.2, -0.15) is 0 Å². The first kappa shape index (κ1) is 24.8. The fraction of sp³-hybridized carbons (Fsp3) is 0.241. The maximum Gasteiger partial charge on any atom is 0.408 e. The van der Waals surface area contributed by atoms with Crippen LogP contribution in [0.2, 0.25) is 0 Å². The number of carbonyl (C=O) groups excluding carboxylic acids is 2. The van der Waals surface area contributed by atoms with Crippen molar-refractivity contribution in [2.24, 2.45) is 0 Å². The normalized spacial score (nSPS) is 10.9. The second-order valence-corrected chi connectivity index (χ2v) is 8.51. The topological polar surface area (TPSA) is 64.6 Å². The number of aryl methyl sites for hydroxylation is 3. The van der Waals surface area contributed by atoms with Crippen molar-refractivity contribution in [3.8, 4) is 0 Å². The highest BCUT2D eigenvalue weighted by Gasteiger charge is 2.40. The van der Waals surface area contributed by atoms with Crippen LogP contribution in [0.15, 0.2) is 84.9 Å². The van der Waals surface area contributed by atoms with Gasteiger partial charge in [-0.15, -0.1) is 0 Å². The summed E-state index contributed by atoms with van der Waals surface area (Å²) in [6, 6.07) is 23.9. The molecule has 3 rings (SSSR count). The van der Waals surface area contributed by atoms with Crippen molar-refractivity contribution >= 4 is 12.1 Å². The minimum Gasteiger partial charge on any atom is -0.460 e. The number of hydrogen-bond acceptors (Lipinski definition) is 4. The quantitative estimate of drug-likeness (QED) is 0.202. The molecule has 0 aliphatic heterocycles. The molecule has 34 heavy (non-hydrogen) atoms. The van der Waals surface area contributed by atoms with Crippen LogP contribution >= 0.6 is 0 Å². The van der Waals surface area contributed by atoms with E-state index in [1.54, 1.807) is 6.92 Å². The third-order valence-corrected chi connectivity index (χ3v) is 5.57. The summed E-state index contributed by atoms with van der Waals surface area (Å²) in [5.41, 5.74) is 4.93. The molecule has 0 fully saturated rings. The summed E-state index contributed by atoms with van der Waals surface area (Å²) in [6.07, 6.45) is -0.618. The molecule has 3 aromatic carbocycles. The van der Waals surface area contributed by atoms with Crippen LogP contribution < -0.4 is 5.32 Å². The Hall–Kier alpha value is -3.86. The van der Waals surface area contributed by atoms with Crippen LogP contribution in [0.25, 0.3) is 0 Å². The molecule has 5 heteroatoms. The Morgan fingerprint density at radius 3 is 1.50 bits per heavy atom. The fourth-order valence-corrected chi connectivity index (χ4v) is 3.64. The Balaban J connectivity index is 2.01. The first-order chi connectivity index (χ1) is 16.2. The van der Waals surface area contributed by atoms with Crippen molar-refractivity contribution < 1.29 is 19.1 Å². The van der Waals surface area contributed by atoms with E-state index in [-0.39, 0.29) is 13.2 Å². The zero-order valence-electron chi connectivity index (χ0n) is 20.2. The summed E-state index contributed by atoms with van der Waals surface area (Å²) in [5, 5.41) is 2.71. The zero-order valence-corrected chi connectivity index (χ0v) is 20.2. The van der Waals surface area contributed by atoms with Crippen LogP contribution in [0.1, 0.15) is 40.3 Å². The third-order valence-electron chi connectivity index (χ3n) is 5.57. The van der Waals surface area contributed by atoms with Crippen molar-refractivity contribution in [3.05, 3.63) is 118 Å². The summed E-state index contributed by atoms with van der Waals surface area (Å²) < 4.78 is 11.3. The number of nitrogens with one attached hydrogen (secondary N) is 1. The van der Waals surface area contributed by atoms with Gasteiger partial charge in [0.05, 0.1) is 6.54 Å². The Bertz CT molecular complexity index is 1040. The van der Waals surface area contributed by atoms with Crippen LogP contribution in [0.5, 0.6) is 0 Å². The van der Waals surface area contributed by atoms with Gasteiger partial charge in [-0.05, 0) is 27.7 Å². The molecule has 5 nitrogen and oxygen atoms in total. The van der Waals surface area contributed by atoms with E-state index in [2.05, 4.69) is 11.9 Å². The fourth-order valence-electron chi connectivity index (χ4n) is 3.64. The largest absolute Gasteiger partial charge is 0.460 e. The maximum atomic E-state index is 13.1. The van der Waals surface area contributed by atoms with Crippen molar-refractivity contribution in [1.82, 2.24) is 5.32 Å². The predicted octanol–water partition coefficient (Wildman–Crippen LogP) is 5.75. The third kappa shape index (κ3) is 5.73. The first-order valence-electron chi connectivity index (χ1n) is 11.2. The molecule has 176 valence electrons. The van der Waals surface area contributed by atoms with E-state index in [0.717, 1.165) is 33.4 Å². The van der Waals surface area contributed by atoms with Crippen LogP contribution in [-0.4, -0.2) is 25.2 Å². The standard InChI is InChI=1S/C29H31NO4/c1-20(2)27(31)33-19-18-30-28(32)34-29(24-12-6-21(3)7-13-24,25-14-8-22(4)9-15-25)26-16-10-23(5)11-17-26/h6-17H,1,18-19H2,2-5H3,(H,30,32). The molecule has 3 aromatic rings. The molecular weight excluding hydrogens is 426 g/mol. The van der Waals surface area contributed by atoms with Gasteiger partial charge in [0.25, 0.3) is 0 Å². The first-order valence-corrected chi connectivity index (χ1v) is 11.2. The molecule has 0 radical (unpaired) electrons. The lowest BCUT2D eigenvalue weighted by Crippen LogP contribution is -2.40.